The molecule has 0 amide bonds. The lowest BCUT2D eigenvalue weighted by molar-refractivity contribution is 0.306. The van der Waals surface area contributed by atoms with Crippen molar-refractivity contribution in [2.24, 2.45) is 5.10 Å². The van der Waals surface area contributed by atoms with E-state index in [0.717, 1.165) is 27.6 Å². The lowest BCUT2D eigenvalue weighted by atomic mass is 10.0. The molecule has 0 aliphatic rings. The third-order valence-corrected chi connectivity index (χ3v) is 4.62. The van der Waals surface area contributed by atoms with Gasteiger partial charge in [-0.2, -0.15) is 14.9 Å². The van der Waals surface area contributed by atoms with Crippen molar-refractivity contribution < 1.29 is 4.74 Å². The molecule has 5 nitrogen and oxygen atoms in total. The van der Waals surface area contributed by atoms with Crippen molar-refractivity contribution in [3.8, 4) is 5.75 Å². The number of hydrogen-bond donors (Lipinski definition) is 1. The molecule has 0 atom stereocenters. The number of rotatable bonds is 5. The number of ether oxygens (including phenoxy) is 1. The van der Waals surface area contributed by atoms with Crippen LogP contribution in [0.15, 0.2) is 72.1 Å². The van der Waals surface area contributed by atoms with Crippen LogP contribution in [-0.4, -0.2) is 21.1 Å². The van der Waals surface area contributed by atoms with Gasteiger partial charge in [0.25, 0.3) is 0 Å². The minimum Gasteiger partial charge on any atom is -0.488 e. The molecule has 3 aromatic carbocycles. The second-order valence-corrected chi connectivity index (χ2v) is 6.69. The Morgan fingerprint density at radius 3 is 2.70 bits per heavy atom. The van der Waals surface area contributed by atoms with E-state index in [9.17, 15) is 0 Å². The number of nitrogens with zero attached hydrogens (tertiary/aromatic N) is 3. The zero-order valence-electron chi connectivity index (χ0n) is 14.2. The molecule has 0 bridgehead atoms. The minimum atomic E-state index is 0.426. The molecule has 4 rings (SSSR count). The average Bonchev–Trinajstić information content (AvgIpc) is 3.11. The van der Waals surface area contributed by atoms with E-state index in [1.54, 1.807) is 6.21 Å². The molecule has 0 aliphatic carbocycles. The first kappa shape index (κ1) is 17.5. The van der Waals surface area contributed by atoms with Gasteiger partial charge in [0.05, 0.1) is 6.21 Å². The third kappa shape index (κ3) is 3.92. The number of aromatic nitrogens is 3. The maximum Gasteiger partial charge on any atom is 0.216 e. The summed E-state index contributed by atoms with van der Waals surface area (Å²) >= 11 is 11.1. The molecular formula is C20H15ClN4OS. The number of aromatic amines is 1. The Balaban J connectivity index is 1.70. The first-order valence-electron chi connectivity index (χ1n) is 8.26. The van der Waals surface area contributed by atoms with Crippen molar-refractivity contribution in [2.75, 3.05) is 0 Å². The summed E-state index contributed by atoms with van der Waals surface area (Å²) < 4.78 is 8.00. The maximum absolute atomic E-state index is 6.08. The Hall–Kier alpha value is -2.96. The van der Waals surface area contributed by atoms with Gasteiger partial charge in [0.1, 0.15) is 18.7 Å². The van der Waals surface area contributed by atoms with E-state index in [1.807, 2.05) is 54.6 Å². The number of hydrogen-bond acceptors (Lipinski definition) is 4. The van der Waals surface area contributed by atoms with E-state index in [1.165, 1.54) is 11.0 Å². The Morgan fingerprint density at radius 1 is 1.11 bits per heavy atom. The lowest BCUT2D eigenvalue weighted by Crippen LogP contribution is -2.00. The summed E-state index contributed by atoms with van der Waals surface area (Å²) in [5.74, 6) is 0.738. The molecule has 1 heterocycles. The van der Waals surface area contributed by atoms with Crippen LogP contribution in [0.3, 0.4) is 0 Å². The van der Waals surface area contributed by atoms with Gasteiger partial charge >= 0.3 is 0 Å². The highest BCUT2D eigenvalue weighted by Crippen LogP contribution is 2.27. The second-order valence-electron chi connectivity index (χ2n) is 5.86. The fourth-order valence-corrected chi connectivity index (χ4v) is 2.99. The van der Waals surface area contributed by atoms with Crippen LogP contribution >= 0.6 is 23.8 Å². The molecule has 0 radical (unpaired) electrons. The molecule has 134 valence electrons. The molecule has 0 unspecified atom stereocenters. The molecule has 0 aliphatic heterocycles. The Kier molecular flexibility index (Phi) is 5.00. The summed E-state index contributed by atoms with van der Waals surface area (Å²) in [6.45, 7) is 0.432. The maximum atomic E-state index is 6.08. The van der Waals surface area contributed by atoms with Crippen LogP contribution < -0.4 is 4.74 Å². The molecule has 27 heavy (non-hydrogen) atoms. The van der Waals surface area contributed by atoms with E-state index in [-0.39, 0.29) is 0 Å². The smallest absolute Gasteiger partial charge is 0.216 e. The average molecular weight is 395 g/mol. The molecular weight excluding hydrogens is 380 g/mol. The SMILES string of the molecule is S=c1[nH]ncn1/N=C/c1c(OCc2ccc(Cl)cc2)ccc2ccccc12. The van der Waals surface area contributed by atoms with Crippen molar-refractivity contribution in [1.82, 2.24) is 14.9 Å². The predicted octanol–water partition coefficient (Wildman–Crippen LogP) is 5.21. The highest BCUT2D eigenvalue weighted by molar-refractivity contribution is 7.71. The summed E-state index contributed by atoms with van der Waals surface area (Å²) in [5.41, 5.74) is 1.91. The first-order chi connectivity index (χ1) is 13.2. The fraction of sp³-hybridized carbons (Fsp3) is 0.0500. The summed E-state index contributed by atoms with van der Waals surface area (Å²) in [6.07, 6.45) is 3.27. The molecule has 0 saturated heterocycles. The normalized spacial score (nSPS) is 11.3. The van der Waals surface area contributed by atoms with Gasteiger partial charge < -0.3 is 4.74 Å². The molecule has 0 saturated carbocycles. The van der Waals surface area contributed by atoms with E-state index in [4.69, 9.17) is 28.6 Å². The van der Waals surface area contributed by atoms with Crippen LogP contribution in [0, 0.1) is 4.77 Å². The summed E-state index contributed by atoms with van der Waals surface area (Å²) in [5, 5.41) is 13.8. The Labute approximate surface area is 165 Å². The molecule has 1 aromatic heterocycles. The monoisotopic (exact) mass is 394 g/mol. The van der Waals surface area contributed by atoms with E-state index < -0.39 is 0 Å². The molecule has 7 heteroatoms. The van der Waals surface area contributed by atoms with Crippen LogP contribution in [0.1, 0.15) is 11.1 Å². The van der Waals surface area contributed by atoms with Gasteiger partial charge in [0.2, 0.25) is 4.77 Å². The Morgan fingerprint density at radius 2 is 1.93 bits per heavy atom. The van der Waals surface area contributed by atoms with Crippen LogP contribution in [0.2, 0.25) is 5.02 Å². The number of fused-ring (bicyclic) bond motifs is 1. The first-order valence-corrected chi connectivity index (χ1v) is 9.05. The standard InChI is InChI=1S/C20H15ClN4OS/c21-16-8-5-14(6-9-16)12-26-19-10-7-15-3-1-2-4-17(15)18(19)11-23-25-13-22-24-20(25)27/h1-11,13H,12H2,(H,24,27)/b23-11+. The van der Waals surface area contributed by atoms with Crippen molar-refractivity contribution in [2.45, 2.75) is 6.61 Å². The van der Waals surface area contributed by atoms with Crippen LogP contribution in [0.5, 0.6) is 5.75 Å². The summed E-state index contributed by atoms with van der Waals surface area (Å²) in [6, 6.07) is 19.7. The number of H-pyrrole nitrogens is 1. The fourth-order valence-electron chi connectivity index (χ4n) is 2.72. The summed E-state index contributed by atoms with van der Waals surface area (Å²) in [4.78, 5) is 0. The van der Waals surface area contributed by atoms with Crippen LogP contribution in [-0.2, 0) is 6.61 Å². The molecule has 0 fully saturated rings. The van der Waals surface area contributed by atoms with E-state index in [2.05, 4.69) is 21.4 Å². The number of halogens is 1. The van der Waals surface area contributed by atoms with Gasteiger partial charge in [0.15, 0.2) is 0 Å². The number of nitrogens with one attached hydrogen (secondary N) is 1. The van der Waals surface area contributed by atoms with Gasteiger partial charge in [-0.1, -0.05) is 54.1 Å². The van der Waals surface area contributed by atoms with E-state index >= 15 is 0 Å². The van der Waals surface area contributed by atoms with Gasteiger partial charge in [-0.3, -0.25) is 5.10 Å². The highest BCUT2D eigenvalue weighted by Gasteiger charge is 2.08. The topological polar surface area (TPSA) is 55.2 Å². The lowest BCUT2D eigenvalue weighted by Gasteiger charge is -2.12. The second kappa shape index (κ2) is 7.73. The number of benzene rings is 3. The van der Waals surface area contributed by atoms with E-state index in [0.29, 0.717) is 16.4 Å². The zero-order chi connectivity index (χ0) is 18.6. The van der Waals surface area contributed by atoms with Gasteiger partial charge in [0, 0.05) is 10.6 Å². The third-order valence-electron chi connectivity index (χ3n) is 4.08. The largest absolute Gasteiger partial charge is 0.488 e. The highest BCUT2D eigenvalue weighted by atomic mass is 35.5. The Bertz CT molecular complexity index is 1160. The quantitative estimate of drug-likeness (QED) is 0.373. The summed E-state index contributed by atoms with van der Waals surface area (Å²) in [7, 11) is 0. The van der Waals surface area contributed by atoms with Crippen molar-refractivity contribution in [3.05, 3.63) is 87.9 Å². The minimum absolute atomic E-state index is 0.426. The molecule has 4 aromatic rings. The van der Waals surface area contributed by atoms with Crippen molar-refractivity contribution in [3.63, 3.8) is 0 Å². The molecule has 0 spiro atoms. The van der Waals surface area contributed by atoms with Gasteiger partial charge in [-0.05, 0) is 46.8 Å². The van der Waals surface area contributed by atoms with Crippen LogP contribution in [0.25, 0.3) is 10.8 Å². The molecule has 1 N–H and O–H groups in total. The zero-order valence-corrected chi connectivity index (χ0v) is 15.7. The van der Waals surface area contributed by atoms with Crippen LogP contribution in [0.4, 0.5) is 0 Å². The predicted molar refractivity (Wildman–Crippen MR) is 110 cm³/mol. The van der Waals surface area contributed by atoms with Crippen molar-refractivity contribution >= 4 is 40.8 Å². The van der Waals surface area contributed by atoms with Gasteiger partial charge in [-0.25, -0.2) is 0 Å². The van der Waals surface area contributed by atoms with Crippen molar-refractivity contribution in [1.29, 1.82) is 0 Å². The van der Waals surface area contributed by atoms with Gasteiger partial charge in [-0.15, -0.1) is 0 Å².